The van der Waals surface area contributed by atoms with E-state index in [0.29, 0.717) is 6.54 Å². The van der Waals surface area contributed by atoms with Crippen molar-refractivity contribution in [2.24, 2.45) is 5.73 Å². The lowest BCUT2D eigenvalue weighted by atomic mass is 10.0. The molecule has 1 unspecified atom stereocenters. The highest BCUT2D eigenvalue weighted by molar-refractivity contribution is 4.89. The number of hydrogen-bond acceptors (Lipinski definition) is 3. The predicted octanol–water partition coefficient (Wildman–Crippen LogP) is -0.988. The fourth-order valence-electron chi connectivity index (χ4n) is 1.23. The molecule has 1 saturated heterocycles. The molecular formula is C6H14N2O. The van der Waals surface area contributed by atoms with Gasteiger partial charge < -0.3 is 15.7 Å². The third kappa shape index (κ3) is 1.41. The molecule has 1 fully saturated rings. The van der Waals surface area contributed by atoms with Crippen LogP contribution in [0, 0.1) is 0 Å². The van der Waals surface area contributed by atoms with Crippen LogP contribution in [-0.2, 0) is 0 Å². The lowest BCUT2D eigenvalue weighted by Crippen LogP contribution is -2.39. The van der Waals surface area contributed by atoms with Crippen LogP contribution in [0.4, 0.5) is 0 Å². The van der Waals surface area contributed by atoms with Crippen molar-refractivity contribution < 1.29 is 5.11 Å². The smallest absolute Gasteiger partial charge is 0.0907 e. The number of nitrogens with two attached hydrogens (primary N) is 1. The van der Waals surface area contributed by atoms with Crippen molar-refractivity contribution in [1.29, 1.82) is 0 Å². The van der Waals surface area contributed by atoms with Crippen molar-refractivity contribution in [3.05, 3.63) is 0 Å². The van der Waals surface area contributed by atoms with Gasteiger partial charge in [0.1, 0.15) is 0 Å². The van der Waals surface area contributed by atoms with E-state index in [1.165, 1.54) is 0 Å². The molecule has 1 aliphatic heterocycles. The molecule has 0 amide bonds. The lowest BCUT2D eigenvalue weighted by molar-refractivity contribution is 0.0610. The van der Waals surface area contributed by atoms with Gasteiger partial charge in [-0.25, -0.2) is 0 Å². The molecule has 3 nitrogen and oxygen atoms in total. The molecule has 0 aromatic heterocycles. The van der Waals surface area contributed by atoms with Gasteiger partial charge in [0.15, 0.2) is 0 Å². The largest absolute Gasteiger partial charge is 0.387 e. The molecule has 1 heterocycles. The van der Waals surface area contributed by atoms with Gasteiger partial charge in [-0.15, -0.1) is 0 Å². The Morgan fingerprint density at radius 3 is 2.67 bits per heavy atom. The summed E-state index contributed by atoms with van der Waals surface area (Å²) in [6.45, 7) is 2.08. The van der Waals surface area contributed by atoms with Gasteiger partial charge in [-0.05, 0) is 13.5 Å². The van der Waals surface area contributed by atoms with Gasteiger partial charge in [0.05, 0.1) is 5.60 Å². The van der Waals surface area contributed by atoms with E-state index in [-0.39, 0.29) is 0 Å². The van der Waals surface area contributed by atoms with E-state index in [1.54, 1.807) is 0 Å². The zero-order chi connectivity index (χ0) is 6.91. The highest BCUT2D eigenvalue weighted by atomic mass is 16.3. The molecule has 1 aliphatic rings. The zero-order valence-electron chi connectivity index (χ0n) is 5.80. The van der Waals surface area contributed by atoms with Gasteiger partial charge in [-0.1, -0.05) is 0 Å². The average Bonchev–Trinajstić information content (AvgIpc) is 2.13. The summed E-state index contributed by atoms with van der Waals surface area (Å²) < 4.78 is 0. The van der Waals surface area contributed by atoms with E-state index in [9.17, 15) is 5.11 Å². The number of likely N-dealkylation sites (tertiary alicyclic amines) is 1. The van der Waals surface area contributed by atoms with Gasteiger partial charge in [0.25, 0.3) is 0 Å². The first-order valence-corrected chi connectivity index (χ1v) is 3.27. The lowest BCUT2D eigenvalue weighted by Gasteiger charge is -2.18. The second kappa shape index (κ2) is 2.25. The summed E-state index contributed by atoms with van der Waals surface area (Å²) in [5.41, 5.74) is 4.77. The van der Waals surface area contributed by atoms with Crippen molar-refractivity contribution in [3.8, 4) is 0 Å². The van der Waals surface area contributed by atoms with Crippen molar-refractivity contribution in [2.75, 3.05) is 26.7 Å². The second-order valence-electron chi connectivity index (χ2n) is 2.92. The monoisotopic (exact) mass is 130 g/mol. The molecule has 54 valence electrons. The van der Waals surface area contributed by atoms with Crippen LogP contribution in [0.2, 0.25) is 0 Å². The quantitative estimate of drug-likeness (QED) is 0.479. The van der Waals surface area contributed by atoms with Crippen LogP contribution in [0.3, 0.4) is 0 Å². The Morgan fingerprint density at radius 2 is 2.44 bits per heavy atom. The maximum absolute atomic E-state index is 9.50. The van der Waals surface area contributed by atoms with E-state index in [0.717, 1.165) is 19.5 Å². The van der Waals surface area contributed by atoms with Crippen LogP contribution in [0.5, 0.6) is 0 Å². The van der Waals surface area contributed by atoms with Crippen LogP contribution >= 0.6 is 0 Å². The van der Waals surface area contributed by atoms with Crippen molar-refractivity contribution in [2.45, 2.75) is 12.0 Å². The second-order valence-corrected chi connectivity index (χ2v) is 2.92. The Morgan fingerprint density at radius 1 is 1.78 bits per heavy atom. The summed E-state index contributed by atoms with van der Waals surface area (Å²) in [6, 6.07) is 0. The van der Waals surface area contributed by atoms with Gasteiger partial charge in [0, 0.05) is 19.6 Å². The number of rotatable bonds is 1. The van der Waals surface area contributed by atoms with Gasteiger partial charge in [0.2, 0.25) is 0 Å². The molecule has 0 aliphatic carbocycles. The van der Waals surface area contributed by atoms with Crippen LogP contribution in [-0.4, -0.2) is 42.3 Å². The van der Waals surface area contributed by atoms with Crippen LogP contribution in [0.15, 0.2) is 0 Å². The SMILES string of the molecule is CN1CCC(O)(CN)C1. The minimum absolute atomic E-state index is 0.386. The number of hydrogen-bond donors (Lipinski definition) is 2. The number of β-amino-alcohol motifs (C(OH)–C–C–N with tert-alkyl or cyclic N) is 1. The topological polar surface area (TPSA) is 49.5 Å². The third-order valence-electron chi connectivity index (χ3n) is 1.90. The summed E-state index contributed by atoms with van der Waals surface area (Å²) in [6.07, 6.45) is 0.819. The maximum Gasteiger partial charge on any atom is 0.0907 e. The van der Waals surface area contributed by atoms with Gasteiger partial charge in [-0.3, -0.25) is 0 Å². The highest BCUT2D eigenvalue weighted by Gasteiger charge is 2.32. The summed E-state index contributed by atoms with van der Waals surface area (Å²) in [4.78, 5) is 2.09. The summed E-state index contributed by atoms with van der Waals surface area (Å²) in [7, 11) is 1.99. The summed E-state index contributed by atoms with van der Waals surface area (Å²) >= 11 is 0. The average molecular weight is 130 g/mol. The fraction of sp³-hybridized carbons (Fsp3) is 1.00. The standard InChI is InChI=1S/C6H14N2O/c1-8-3-2-6(9,4-7)5-8/h9H,2-5,7H2,1H3. The summed E-state index contributed by atoms with van der Waals surface area (Å²) in [5, 5.41) is 9.50. The fourth-order valence-corrected chi connectivity index (χ4v) is 1.23. The first-order chi connectivity index (χ1) is 4.16. The molecule has 0 aromatic carbocycles. The Labute approximate surface area is 55.5 Å². The molecule has 0 saturated carbocycles. The van der Waals surface area contributed by atoms with Crippen molar-refractivity contribution in [1.82, 2.24) is 4.90 Å². The highest BCUT2D eigenvalue weighted by Crippen LogP contribution is 2.17. The molecule has 9 heavy (non-hydrogen) atoms. The normalized spacial score (nSPS) is 37.7. The molecule has 3 heteroatoms. The molecule has 1 rings (SSSR count). The molecule has 0 radical (unpaired) electrons. The molecular weight excluding hydrogens is 116 g/mol. The van der Waals surface area contributed by atoms with Crippen LogP contribution < -0.4 is 5.73 Å². The maximum atomic E-state index is 9.50. The Bertz CT molecular complexity index is 107. The number of nitrogens with zero attached hydrogens (tertiary/aromatic N) is 1. The predicted molar refractivity (Wildman–Crippen MR) is 36.1 cm³/mol. The Hall–Kier alpha value is -0.120. The van der Waals surface area contributed by atoms with E-state index in [2.05, 4.69) is 4.90 Å². The molecule has 0 bridgehead atoms. The van der Waals surface area contributed by atoms with E-state index >= 15 is 0 Å². The third-order valence-corrected chi connectivity index (χ3v) is 1.90. The van der Waals surface area contributed by atoms with E-state index in [1.807, 2.05) is 7.05 Å². The summed E-state index contributed by atoms with van der Waals surface area (Å²) in [5.74, 6) is 0. The van der Waals surface area contributed by atoms with Crippen molar-refractivity contribution in [3.63, 3.8) is 0 Å². The molecule has 0 spiro atoms. The zero-order valence-corrected chi connectivity index (χ0v) is 5.80. The minimum atomic E-state index is -0.589. The number of likely N-dealkylation sites (N-methyl/N-ethyl adjacent to an activating group) is 1. The molecule has 1 atom stereocenters. The Balaban J connectivity index is 2.45. The molecule has 3 N–H and O–H groups in total. The minimum Gasteiger partial charge on any atom is -0.387 e. The first-order valence-electron chi connectivity index (χ1n) is 3.27. The van der Waals surface area contributed by atoms with Gasteiger partial charge in [-0.2, -0.15) is 0 Å². The van der Waals surface area contributed by atoms with E-state index < -0.39 is 5.60 Å². The van der Waals surface area contributed by atoms with Crippen LogP contribution in [0.25, 0.3) is 0 Å². The first kappa shape index (κ1) is 6.99. The van der Waals surface area contributed by atoms with E-state index in [4.69, 9.17) is 5.73 Å². The Kier molecular flexibility index (Phi) is 1.75. The van der Waals surface area contributed by atoms with Gasteiger partial charge >= 0.3 is 0 Å². The molecule has 0 aromatic rings. The van der Waals surface area contributed by atoms with Crippen molar-refractivity contribution >= 4 is 0 Å². The van der Waals surface area contributed by atoms with Crippen LogP contribution in [0.1, 0.15) is 6.42 Å². The number of aliphatic hydroxyl groups is 1.